The van der Waals surface area contributed by atoms with Crippen molar-refractivity contribution in [3.8, 4) is 5.75 Å². The lowest BCUT2D eigenvalue weighted by Crippen LogP contribution is -2.38. The lowest BCUT2D eigenvalue weighted by atomic mass is 10.0. The summed E-state index contributed by atoms with van der Waals surface area (Å²) in [5, 5.41) is 0.539. The molecular formula is C18H19ClN2O4S. The second-order valence-corrected chi connectivity index (χ2v) is 8.63. The molecule has 0 spiro atoms. The predicted octanol–water partition coefficient (Wildman–Crippen LogP) is 2.77. The Morgan fingerprint density at radius 2 is 2.12 bits per heavy atom. The van der Waals surface area contributed by atoms with E-state index in [9.17, 15) is 8.42 Å². The Morgan fingerprint density at radius 1 is 1.31 bits per heavy atom. The van der Waals surface area contributed by atoms with E-state index in [2.05, 4.69) is 4.40 Å². The summed E-state index contributed by atoms with van der Waals surface area (Å²) < 4.78 is 39.1. The third-order valence-electron chi connectivity index (χ3n) is 4.52. The lowest BCUT2D eigenvalue weighted by Gasteiger charge is -2.30. The largest absolute Gasteiger partial charge is 0.491 e. The summed E-state index contributed by atoms with van der Waals surface area (Å²) in [7, 11) is -3.44. The van der Waals surface area contributed by atoms with Crippen molar-refractivity contribution in [3.05, 3.63) is 47.1 Å². The fourth-order valence-electron chi connectivity index (χ4n) is 3.18. The molecule has 6 nitrogen and oxygen atoms in total. The van der Waals surface area contributed by atoms with Gasteiger partial charge in [0, 0.05) is 24.9 Å². The van der Waals surface area contributed by atoms with Crippen LogP contribution in [-0.2, 0) is 14.8 Å². The number of hydrogen-bond acceptors (Lipinski definition) is 5. The first kappa shape index (κ1) is 17.6. The molecule has 0 aromatic heterocycles. The minimum Gasteiger partial charge on any atom is -0.491 e. The van der Waals surface area contributed by atoms with Crippen LogP contribution in [0.2, 0.25) is 0 Å². The van der Waals surface area contributed by atoms with Crippen LogP contribution in [0.5, 0.6) is 5.75 Å². The average molecular weight is 395 g/mol. The fourth-order valence-corrected chi connectivity index (χ4v) is 4.39. The van der Waals surface area contributed by atoms with E-state index in [4.69, 9.17) is 21.1 Å². The molecule has 3 aliphatic rings. The topological polar surface area (TPSA) is 68.2 Å². The zero-order valence-corrected chi connectivity index (χ0v) is 15.7. The highest BCUT2D eigenvalue weighted by molar-refractivity contribution is 7.90. The molecule has 8 heteroatoms. The molecule has 4 rings (SSSR count). The van der Waals surface area contributed by atoms with Crippen LogP contribution in [0.3, 0.4) is 0 Å². The van der Waals surface area contributed by atoms with Crippen LogP contribution in [0, 0.1) is 0 Å². The van der Waals surface area contributed by atoms with Gasteiger partial charge in [-0.2, -0.15) is 0 Å². The monoisotopic (exact) mass is 394 g/mol. The molecule has 1 aromatic rings. The van der Waals surface area contributed by atoms with E-state index in [-0.39, 0.29) is 11.9 Å². The second kappa shape index (κ2) is 7.06. The molecule has 0 radical (unpaired) electrons. The van der Waals surface area contributed by atoms with Crippen molar-refractivity contribution < 1.29 is 17.9 Å². The highest BCUT2D eigenvalue weighted by atomic mass is 35.5. The van der Waals surface area contributed by atoms with Crippen LogP contribution in [-0.4, -0.2) is 50.8 Å². The number of fused-ring (bicyclic) bond motifs is 1. The quantitative estimate of drug-likeness (QED) is 0.785. The van der Waals surface area contributed by atoms with Gasteiger partial charge in [-0.3, -0.25) is 0 Å². The molecule has 0 N–H and O–H groups in total. The Balaban J connectivity index is 1.55. The van der Waals surface area contributed by atoms with Crippen LogP contribution in [0.25, 0.3) is 5.57 Å². The number of allylic oxidation sites excluding steroid dienone is 2. The van der Waals surface area contributed by atoms with E-state index in [1.165, 1.54) is 0 Å². The predicted molar refractivity (Wildman–Crippen MR) is 101 cm³/mol. The maximum absolute atomic E-state index is 11.9. The molecule has 1 fully saturated rings. The Bertz CT molecular complexity index is 884. The molecular weight excluding hydrogens is 376 g/mol. The molecule has 0 bridgehead atoms. The maximum atomic E-state index is 11.9. The zero-order valence-electron chi connectivity index (χ0n) is 14.1. The van der Waals surface area contributed by atoms with Crippen molar-refractivity contribution in [2.75, 3.05) is 25.5 Å². The highest BCUT2D eigenvalue weighted by Gasteiger charge is 2.28. The zero-order chi connectivity index (χ0) is 18.1. The van der Waals surface area contributed by atoms with Gasteiger partial charge in [-0.15, -0.1) is 4.40 Å². The first-order chi connectivity index (χ1) is 12.5. The van der Waals surface area contributed by atoms with Gasteiger partial charge in [0.15, 0.2) is 5.84 Å². The van der Waals surface area contributed by atoms with Crippen LogP contribution >= 0.6 is 11.6 Å². The number of nitrogens with zero attached hydrogens (tertiary/aromatic N) is 2. The average Bonchev–Trinajstić information content (AvgIpc) is 3.13. The molecule has 26 heavy (non-hydrogen) atoms. The third-order valence-corrected chi connectivity index (χ3v) is 5.87. The van der Waals surface area contributed by atoms with E-state index in [1.807, 2.05) is 24.3 Å². The van der Waals surface area contributed by atoms with Gasteiger partial charge in [0.1, 0.15) is 12.4 Å². The Morgan fingerprint density at radius 3 is 2.85 bits per heavy atom. The summed E-state index contributed by atoms with van der Waals surface area (Å²) in [6, 6.07) is 7.49. The number of halogens is 1. The fraction of sp³-hybridized carbons (Fsp3) is 0.389. The summed E-state index contributed by atoms with van der Waals surface area (Å²) in [6.07, 6.45) is 5.71. The first-order valence-electron chi connectivity index (χ1n) is 8.54. The molecule has 0 saturated carbocycles. The van der Waals surface area contributed by atoms with Crippen LogP contribution in [0.15, 0.2) is 46.0 Å². The van der Waals surface area contributed by atoms with Gasteiger partial charge in [-0.05, 0) is 36.6 Å². The van der Waals surface area contributed by atoms with Gasteiger partial charge in [0.05, 0.1) is 16.9 Å². The van der Waals surface area contributed by atoms with Crippen LogP contribution in [0.4, 0.5) is 0 Å². The molecule has 3 aliphatic heterocycles. The lowest BCUT2D eigenvalue weighted by molar-refractivity contribution is 0.0679. The van der Waals surface area contributed by atoms with Gasteiger partial charge < -0.3 is 14.4 Å². The minimum absolute atomic E-state index is 0.0134. The summed E-state index contributed by atoms with van der Waals surface area (Å²) >= 11 is 6.21. The number of ether oxygens (including phenoxy) is 2. The molecule has 1 unspecified atom stereocenters. The normalized spacial score (nSPS) is 24.4. The summed E-state index contributed by atoms with van der Waals surface area (Å²) in [5.41, 5.74) is 1.52. The molecule has 1 saturated heterocycles. The van der Waals surface area contributed by atoms with Gasteiger partial charge >= 0.3 is 0 Å². The summed E-state index contributed by atoms with van der Waals surface area (Å²) in [6.45, 7) is 1.68. The number of rotatable bonds is 4. The van der Waals surface area contributed by atoms with Crippen LogP contribution in [0.1, 0.15) is 18.4 Å². The standard InChI is InChI=1S/C18H19ClN2O4S/c19-14-10-17(18-20-26(22,23)9-7-21(18)11-14)13-3-5-15(6-4-13)25-12-16-2-1-8-24-16/h3-6,10-11,16H,1-2,7-9,12H2. The Kier molecular flexibility index (Phi) is 4.77. The van der Waals surface area contributed by atoms with E-state index in [0.717, 1.165) is 30.8 Å². The van der Waals surface area contributed by atoms with Crippen LogP contribution < -0.4 is 4.74 Å². The first-order valence-corrected chi connectivity index (χ1v) is 10.5. The van der Waals surface area contributed by atoms with Gasteiger partial charge in [0.2, 0.25) is 0 Å². The van der Waals surface area contributed by atoms with Crippen molar-refractivity contribution in [1.29, 1.82) is 0 Å². The van der Waals surface area contributed by atoms with E-state index >= 15 is 0 Å². The molecule has 1 atom stereocenters. The van der Waals surface area contributed by atoms with E-state index in [0.29, 0.717) is 29.6 Å². The van der Waals surface area contributed by atoms with Crippen molar-refractivity contribution in [1.82, 2.24) is 4.90 Å². The van der Waals surface area contributed by atoms with Crippen molar-refractivity contribution in [2.24, 2.45) is 4.40 Å². The number of amidine groups is 1. The third kappa shape index (κ3) is 3.79. The van der Waals surface area contributed by atoms with E-state index < -0.39 is 10.0 Å². The summed E-state index contributed by atoms with van der Waals surface area (Å²) in [4.78, 5) is 1.78. The van der Waals surface area contributed by atoms with E-state index in [1.54, 1.807) is 17.2 Å². The molecule has 138 valence electrons. The molecule has 0 amide bonds. The van der Waals surface area contributed by atoms with Crippen molar-refractivity contribution in [2.45, 2.75) is 18.9 Å². The van der Waals surface area contributed by atoms with Gasteiger partial charge in [-0.1, -0.05) is 23.7 Å². The Hall–Kier alpha value is -1.83. The van der Waals surface area contributed by atoms with Gasteiger partial charge in [0.25, 0.3) is 10.0 Å². The second-order valence-electron chi connectivity index (χ2n) is 6.44. The van der Waals surface area contributed by atoms with Crippen molar-refractivity contribution >= 4 is 33.0 Å². The minimum atomic E-state index is -3.44. The van der Waals surface area contributed by atoms with Crippen molar-refractivity contribution in [3.63, 3.8) is 0 Å². The summed E-state index contributed by atoms with van der Waals surface area (Å²) in [5.74, 6) is 1.14. The molecule has 1 aromatic carbocycles. The number of hydrogen-bond donors (Lipinski definition) is 0. The van der Waals surface area contributed by atoms with Gasteiger partial charge in [-0.25, -0.2) is 8.42 Å². The smallest absolute Gasteiger partial charge is 0.256 e. The maximum Gasteiger partial charge on any atom is 0.256 e. The SMILES string of the molecule is O=S1(=O)CCN2C=C(Cl)C=C(c3ccc(OCC4CCCO4)cc3)C2=N1. The molecule has 3 heterocycles. The number of benzene rings is 1. The Labute approximate surface area is 157 Å². The highest BCUT2D eigenvalue weighted by Crippen LogP contribution is 2.30. The number of sulfonamides is 1. The molecule has 0 aliphatic carbocycles.